The molecule has 0 saturated heterocycles. The number of benzene rings is 1. The molecule has 0 aliphatic heterocycles. The number of amides is 4. The van der Waals surface area contributed by atoms with Crippen molar-refractivity contribution in [3.8, 4) is 0 Å². The van der Waals surface area contributed by atoms with E-state index in [4.69, 9.17) is 9.47 Å². The van der Waals surface area contributed by atoms with Crippen LogP contribution in [0.25, 0.3) is 0 Å². The molecule has 44 heavy (non-hydrogen) atoms. The summed E-state index contributed by atoms with van der Waals surface area (Å²) in [4.78, 5) is 51.6. The number of esters is 2. The van der Waals surface area contributed by atoms with Gasteiger partial charge in [0.2, 0.25) is 0 Å². The lowest BCUT2D eigenvalue weighted by Gasteiger charge is -2.26. The molecule has 1 aromatic carbocycles. The molecule has 1 rings (SSSR count). The summed E-state index contributed by atoms with van der Waals surface area (Å²) in [5, 5.41) is 20.6. The van der Waals surface area contributed by atoms with Crippen molar-refractivity contribution >= 4 is 24.0 Å². The predicted octanol–water partition coefficient (Wildman–Crippen LogP) is 4.52. The number of urea groups is 2. The van der Waals surface area contributed by atoms with Gasteiger partial charge in [0.15, 0.2) is 0 Å². The Bertz CT molecular complexity index is 1000. The van der Waals surface area contributed by atoms with Crippen LogP contribution in [0.3, 0.4) is 0 Å². The number of rotatable bonds is 19. The minimum atomic E-state index is -0.906. The van der Waals surface area contributed by atoms with Crippen LogP contribution in [-0.4, -0.2) is 66.5 Å². The molecule has 0 unspecified atom stereocenters. The summed E-state index contributed by atoms with van der Waals surface area (Å²) in [5.74, 6) is -0.483. The van der Waals surface area contributed by atoms with Gasteiger partial charge in [-0.1, -0.05) is 85.7 Å². The van der Waals surface area contributed by atoms with Crippen LogP contribution in [0.2, 0.25) is 0 Å². The molecule has 0 heterocycles. The van der Waals surface area contributed by atoms with Gasteiger partial charge in [0, 0.05) is 0 Å². The van der Waals surface area contributed by atoms with Crippen molar-refractivity contribution in [2.24, 2.45) is 23.7 Å². The third-order valence-corrected chi connectivity index (χ3v) is 6.65. The van der Waals surface area contributed by atoms with Crippen molar-refractivity contribution in [1.29, 1.82) is 0 Å². The number of carbonyl (C=O) groups excluding carboxylic acids is 4. The summed E-state index contributed by atoms with van der Waals surface area (Å²) in [5.41, 5.74) is 0.846. The molecule has 0 aliphatic rings. The summed E-state index contributed by atoms with van der Waals surface area (Å²) in [6.07, 6.45) is 1.86. The molecule has 4 amide bonds. The van der Waals surface area contributed by atoms with Crippen molar-refractivity contribution in [3.05, 3.63) is 35.9 Å². The average molecular weight is 621 g/mol. The lowest BCUT2D eigenvalue weighted by molar-refractivity contribution is -0.148. The van der Waals surface area contributed by atoms with Gasteiger partial charge in [0.25, 0.3) is 0 Å². The fraction of sp³-hybridized carbons (Fsp3) is 0.697. The summed E-state index contributed by atoms with van der Waals surface area (Å²) < 4.78 is 11.1. The van der Waals surface area contributed by atoms with E-state index in [1.165, 1.54) is 0 Å². The number of ether oxygens (including phenoxy) is 2. The smallest absolute Gasteiger partial charge is 0.329 e. The Hall–Kier alpha value is -3.34. The fourth-order valence-corrected chi connectivity index (χ4v) is 4.74. The molecule has 0 radical (unpaired) electrons. The third kappa shape index (κ3) is 17.1. The summed E-state index contributed by atoms with van der Waals surface area (Å²) in [7, 11) is 0. The van der Waals surface area contributed by atoms with E-state index in [0.29, 0.717) is 25.7 Å². The Balaban J connectivity index is 2.83. The van der Waals surface area contributed by atoms with Crippen LogP contribution in [-0.2, 0) is 25.7 Å². The minimum Gasteiger partial charge on any atom is -0.462 e. The van der Waals surface area contributed by atoms with Gasteiger partial charge in [-0.3, -0.25) is 0 Å². The molecule has 0 aromatic heterocycles. The van der Waals surface area contributed by atoms with E-state index in [1.807, 2.05) is 85.7 Å². The van der Waals surface area contributed by atoms with E-state index < -0.39 is 48.2 Å². The number of hydrogen-bond donors (Lipinski definition) is 5. The van der Waals surface area contributed by atoms with E-state index in [1.54, 1.807) is 0 Å². The maximum absolute atomic E-state index is 13.1. The van der Waals surface area contributed by atoms with Crippen molar-refractivity contribution in [2.75, 3.05) is 13.2 Å². The van der Waals surface area contributed by atoms with Gasteiger partial charge in [-0.15, -0.1) is 0 Å². The SMILES string of the molecule is CC(C)C[C@@H](CO)NC(=O)N[C@H](CC(C)C)C(=O)OC[C@H](CC(C)C)NC(=O)N[C@H](CC(C)C)C(=O)OCc1ccccc1. The molecule has 11 nitrogen and oxygen atoms in total. The van der Waals surface area contributed by atoms with Gasteiger partial charge < -0.3 is 35.8 Å². The quantitative estimate of drug-likeness (QED) is 0.142. The molecule has 11 heteroatoms. The number of aliphatic hydroxyl groups excluding tert-OH is 1. The summed E-state index contributed by atoms with van der Waals surface area (Å²) in [6, 6.07) is 5.47. The fourth-order valence-electron chi connectivity index (χ4n) is 4.74. The maximum Gasteiger partial charge on any atom is 0.329 e. The first kappa shape index (κ1) is 38.7. The first-order chi connectivity index (χ1) is 20.7. The van der Waals surface area contributed by atoms with Gasteiger partial charge in [-0.2, -0.15) is 0 Å². The van der Waals surface area contributed by atoms with Crippen LogP contribution in [0.4, 0.5) is 9.59 Å². The highest BCUT2D eigenvalue weighted by molar-refractivity contribution is 5.84. The Morgan fingerprint density at radius 2 is 1.05 bits per heavy atom. The minimum absolute atomic E-state index is 0.0899. The molecule has 0 aliphatic carbocycles. The van der Waals surface area contributed by atoms with Crippen LogP contribution in [0, 0.1) is 23.7 Å². The Morgan fingerprint density at radius 3 is 1.50 bits per heavy atom. The molecular formula is C33H56N4O7. The van der Waals surface area contributed by atoms with Gasteiger partial charge in [-0.05, 0) is 54.9 Å². The van der Waals surface area contributed by atoms with Crippen molar-refractivity contribution < 1.29 is 33.8 Å². The standard InChI is InChI=1S/C33H56N4O7/c1-21(2)14-26(18-38)34-32(41)36-29(17-24(7)8)31(40)44-20-27(15-22(3)4)35-33(42)37-28(16-23(5)6)30(39)43-19-25-12-10-9-11-13-25/h9-13,21-24,26-29,38H,14-20H2,1-8H3,(H2,34,36,41)(H2,35,37,42)/t26-,27-,28+,29+/m0/s1. The van der Waals surface area contributed by atoms with Gasteiger partial charge in [0.1, 0.15) is 25.3 Å². The maximum atomic E-state index is 13.1. The zero-order valence-corrected chi connectivity index (χ0v) is 27.9. The second-order valence-electron chi connectivity index (χ2n) is 13.2. The number of nitrogens with one attached hydrogen (secondary N) is 4. The molecular weight excluding hydrogens is 564 g/mol. The van der Waals surface area contributed by atoms with E-state index in [2.05, 4.69) is 21.3 Å². The summed E-state index contributed by atoms with van der Waals surface area (Å²) >= 11 is 0. The first-order valence-corrected chi connectivity index (χ1v) is 15.8. The van der Waals surface area contributed by atoms with E-state index >= 15 is 0 Å². The zero-order chi connectivity index (χ0) is 33.2. The van der Waals surface area contributed by atoms with E-state index in [-0.39, 0.29) is 43.5 Å². The number of aliphatic hydroxyl groups is 1. The highest BCUT2D eigenvalue weighted by atomic mass is 16.5. The second-order valence-corrected chi connectivity index (χ2v) is 13.2. The average Bonchev–Trinajstić information content (AvgIpc) is 2.92. The van der Waals surface area contributed by atoms with Crippen molar-refractivity contribution in [3.63, 3.8) is 0 Å². The van der Waals surface area contributed by atoms with Crippen LogP contribution >= 0.6 is 0 Å². The third-order valence-electron chi connectivity index (χ3n) is 6.65. The molecule has 4 atom stereocenters. The monoisotopic (exact) mass is 620 g/mol. The first-order valence-electron chi connectivity index (χ1n) is 15.8. The van der Waals surface area contributed by atoms with Crippen LogP contribution < -0.4 is 21.3 Å². The normalized spacial score (nSPS) is 14.1. The topological polar surface area (TPSA) is 155 Å². The number of hydrogen-bond acceptors (Lipinski definition) is 7. The van der Waals surface area contributed by atoms with Gasteiger partial charge in [0.05, 0.1) is 18.7 Å². The van der Waals surface area contributed by atoms with Crippen molar-refractivity contribution in [1.82, 2.24) is 21.3 Å². The molecule has 0 fully saturated rings. The van der Waals surface area contributed by atoms with Gasteiger partial charge in [-0.25, -0.2) is 19.2 Å². The lowest BCUT2D eigenvalue weighted by Crippen LogP contribution is -2.52. The Morgan fingerprint density at radius 1 is 0.614 bits per heavy atom. The van der Waals surface area contributed by atoms with E-state index in [0.717, 1.165) is 5.56 Å². The van der Waals surface area contributed by atoms with Crippen LogP contribution in [0.15, 0.2) is 30.3 Å². The summed E-state index contributed by atoms with van der Waals surface area (Å²) in [6.45, 7) is 15.5. The molecule has 0 bridgehead atoms. The highest BCUT2D eigenvalue weighted by Crippen LogP contribution is 2.12. The van der Waals surface area contributed by atoms with Gasteiger partial charge >= 0.3 is 24.0 Å². The Labute approximate surface area is 263 Å². The number of carbonyl (C=O) groups is 4. The highest BCUT2D eigenvalue weighted by Gasteiger charge is 2.28. The largest absolute Gasteiger partial charge is 0.462 e. The molecule has 1 aromatic rings. The van der Waals surface area contributed by atoms with Crippen LogP contribution in [0.5, 0.6) is 0 Å². The van der Waals surface area contributed by atoms with Crippen LogP contribution in [0.1, 0.15) is 86.6 Å². The molecule has 5 N–H and O–H groups in total. The van der Waals surface area contributed by atoms with E-state index in [9.17, 15) is 24.3 Å². The molecule has 0 saturated carbocycles. The zero-order valence-electron chi connectivity index (χ0n) is 27.9. The Kier molecular flexibility index (Phi) is 18.1. The second kappa shape index (κ2) is 20.6. The lowest BCUT2D eigenvalue weighted by atomic mass is 10.0. The predicted molar refractivity (Wildman–Crippen MR) is 171 cm³/mol. The molecule has 250 valence electrons. The van der Waals surface area contributed by atoms with Crippen molar-refractivity contribution in [2.45, 2.75) is 112 Å². The molecule has 0 spiro atoms.